The molecular weight excluding hydrogens is 456 g/mol. The van der Waals surface area contributed by atoms with E-state index in [0.717, 1.165) is 36.5 Å². The number of thiocarbonyl (C=S) groups is 1. The molecule has 3 rings (SSSR count). The summed E-state index contributed by atoms with van der Waals surface area (Å²) in [6.07, 6.45) is 2.14. The van der Waals surface area contributed by atoms with Gasteiger partial charge in [0.2, 0.25) is 0 Å². The van der Waals surface area contributed by atoms with Crippen molar-refractivity contribution >= 4 is 56.4 Å². The number of hydrogen-bond donors (Lipinski definition) is 0. The molecule has 140 valence electrons. The van der Waals surface area contributed by atoms with Crippen molar-refractivity contribution in [3.8, 4) is 5.75 Å². The highest BCUT2D eigenvalue weighted by atomic mass is 79.9. The molecule has 0 N–H and O–H groups in total. The molecule has 0 aliphatic carbocycles. The van der Waals surface area contributed by atoms with Gasteiger partial charge in [-0.1, -0.05) is 39.7 Å². The summed E-state index contributed by atoms with van der Waals surface area (Å²) in [4.78, 5) is 25.5. The molecule has 1 heterocycles. The van der Waals surface area contributed by atoms with Gasteiger partial charge in [-0.05, 0) is 37.1 Å². The molecule has 27 heavy (non-hydrogen) atoms. The number of carbonyl (C=O) groups is 1. The molecule has 0 amide bonds. The molecule has 1 aliphatic heterocycles. The number of benzene rings is 2. The molecule has 0 saturated carbocycles. The Hall–Kier alpha value is -2.03. The van der Waals surface area contributed by atoms with Gasteiger partial charge in [0.05, 0.1) is 21.1 Å². The molecular formula is C18H14BrClN2O4S. The first kappa shape index (κ1) is 19.7. The van der Waals surface area contributed by atoms with Gasteiger partial charge in [-0.15, -0.1) is 0 Å². The van der Waals surface area contributed by atoms with E-state index in [1.54, 1.807) is 18.2 Å². The van der Waals surface area contributed by atoms with Crippen molar-refractivity contribution in [2.45, 2.75) is 12.8 Å². The molecule has 9 heteroatoms. The van der Waals surface area contributed by atoms with Gasteiger partial charge in [0, 0.05) is 29.7 Å². The van der Waals surface area contributed by atoms with Gasteiger partial charge in [0.15, 0.2) is 0 Å². The van der Waals surface area contributed by atoms with Gasteiger partial charge >= 0.3 is 5.97 Å². The maximum Gasteiger partial charge on any atom is 0.345 e. The summed E-state index contributed by atoms with van der Waals surface area (Å²) in [7, 11) is 0. The first-order valence-corrected chi connectivity index (χ1v) is 9.69. The average molecular weight is 470 g/mol. The van der Waals surface area contributed by atoms with Crippen LogP contribution in [0.4, 0.5) is 5.69 Å². The topological polar surface area (TPSA) is 72.7 Å². The van der Waals surface area contributed by atoms with Crippen LogP contribution in [-0.2, 0) is 0 Å². The molecule has 2 aromatic carbocycles. The summed E-state index contributed by atoms with van der Waals surface area (Å²) in [5.74, 6) is -0.391. The predicted molar refractivity (Wildman–Crippen MR) is 110 cm³/mol. The third kappa shape index (κ3) is 4.45. The number of carbonyl (C=O) groups excluding carboxylic acids is 1. The van der Waals surface area contributed by atoms with E-state index in [-0.39, 0.29) is 16.3 Å². The summed E-state index contributed by atoms with van der Waals surface area (Å²) < 4.78 is 6.33. The molecule has 0 bridgehead atoms. The molecule has 0 radical (unpaired) electrons. The van der Waals surface area contributed by atoms with E-state index < -0.39 is 10.9 Å². The Morgan fingerprint density at radius 3 is 2.52 bits per heavy atom. The highest BCUT2D eigenvalue weighted by Gasteiger charge is 2.22. The lowest BCUT2D eigenvalue weighted by atomic mass is 10.1. The van der Waals surface area contributed by atoms with Gasteiger partial charge in [-0.25, -0.2) is 4.79 Å². The summed E-state index contributed by atoms with van der Waals surface area (Å²) in [6, 6.07) is 8.81. The summed E-state index contributed by atoms with van der Waals surface area (Å²) in [5, 5.41) is 10.8. The number of ether oxygens (including phenoxy) is 1. The van der Waals surface area contributed by atoms with E-state index in [9.17, 15) is 14.9 Å². The van der Waals surface area contributed by atoms with Crippen LogP contribution in [0.25, 0.3) is 0 Å². The molecule has 0 atom stereocenters. The predicted octanol–water partition coefficient (Wildman–Crippen LogP) is 5.00. The number of hydrogen-bond acceptors (Lipinski definition) is 5. The minimum absolute atomic E-state index is 0.0447. The lowest BCUT2D eigenvalue weighted by Gasteiger charge is -2.20. The van der Waals surface area contributed by atoms with E-state index in [0.29, 0.717) is 16.3 Å². The number of nitro benzene ring substituents is 1. The lowest BCUT2D eigenvalue weighted by Crippen LogP contribution is -2.27. The minimum Gasteiger partial charge on any atom is -0.422 e. The van der Waals surface area contributed by atoms with Crippen molar-refractivity contribution in [3.63, 3.8) is 0 Å². The van der Waals surface area contributed by atoms with E-state index in [1.807, 2.05) is 0 Å². The number of rotatable bonds is 4. The molecule has 0 unspecified atom stereocenters. The van der Waals surface area contributed by atoms with Crippen LogP contribution in [0.5, 0.6) is 5.75 Å². The minimum atomic E-state index is -0.706. The van der Waals surface area contributed by atoms with Crippen molar-refractivity contribution in [2.24, 2.45) is 0 Å². The Bertz CT molecular complexity index is 932. The fraction of sp³-hybridized carbons (Fsp3) is 0.222. The van der Waals surface area contributed by atoms with Crippen LogP contribution in [0, 0.1) is 10.1 Å². The number of esters is 1. The van der Waals surface area contributed by atoms with E-state index in [1.165, 1.54) is 12.1 Å². The lowest BCUT2D eigenvalue weighted by molar-refractivity contribution is -0.384. The number of nitrogens with zero attached hydrogens (tertiary/aromatic N) is 2. The molecule has 1 fully saturated rings. The third-order valence-corrected chi connectivity index (χ3v) is 5.44. The van der Waals surface area contributed by atoms with Crippen molar-refractivity contribution in [2.75, 3.05) is 13.1 Å². The number of halogens is 2. The first-order valence-electron chi connectivity index (χ1n) is 8.12. The van der Waals surface area contributed by atoms with Crippen molar-refractivity contribution in [1.82, 2.24) is 4.90 Å². The molecule has 2 aromatic rings. The van der Waals surface area contributed by atoms with Crippen LogP contribution in [0.15, 0.2) is 40.9 Å². The fourth-order valence-electron chi connectivity index (χ4n) is 2.79. The second-order valence-electron chi connectivity index (χ2n) is 5.95. The number of nitro groups is 1. The second-order valence-corrected chi connectivity index (χ2v) is 7.66. The maximum atomic E-state index is 12.6. The summed E-state index contributed by atoms with van der Waals surface area (Å²) >= 11 is 15.0. The van der Waals surface area contributed by atoms with Crippen LogP contribution in [0.1, 0.15) is 28.8 Å². The highest BCUT2D eigenvalue weighted by Crippen LogP contribution is 2.29. The van der Waals surface area contributed by atoms with Crippen LogP contribution in [0.3, 0.4) is 0 Å². The Morgan fingerprint density at radius 2 is 1.89 bits per heavy atom. The van der Waals surface area contributed by atoms with E-state index in [4.69, 9.17) is 28.6 Å². The zero-order valence-electron chi connectivity index (χ0n) is 14.0. The Morgan fingerprint density at radius 1 is 1.19 bits per heavy atom. The van der Waals surface area contributed by atoms with E-state index in [2.05, 4.69) is 20.8 Å². The Balaban J connectivity index is 1.88. The van der Waals surface area contributed by atoms with Gasteiger partial charge in [-0.3, -0.25) is 10.1 Å². The monoisotopic (exact) mass is 468 g/mol. The average Bonchev–Trinajstić information content (AvgIpc) is 3.17. The van der Waals surface area contributed by atoms with Gasteiger partial charge < -0.3 is 9.64 Å². The zero-order valence-corrected chi connectivity index (χ0v) is 17.1. The summed E-state index contributed by atoms with van der Waals surface area (Å²) in [6.45, 7) is 1.74. The van der Waals surface area contributed by atoms with Crippen molar-refractivity contribution in [1.29, 1.82) is 0 Å². The van der Waals surface area contributed by atoms with Gasteiger partial charge in [-0.2, -0.15) is 0 Å². The largest absolute Gasteiger partial charge is 0.422 e. The SMILES string of the molecule is O=C(Oc1ccc(Br)cc1C(=S)N1CCCC1)c1ccc([N+](=O)[O-])cc1Cl. The fourth-order valence-corrected chi connectivity index (χ4v) is 3.74. The zero-order chi connectivity index (χ0) is 19.6. The smallest absolute Gasteiger partial charge is 0.345 e. The van der Waals surface area contributed by atoms with Gasteiger partial charge in [0.25, 0.3) is 5.69 Å². The molecule has 1 saturated heterocycles. The highest BCUT2D eigenvalue weighted by molar-refractivity contribution is 9.10. The quantitative estimate of drug-likeness (QED) is 0.206. The first-order chi connectivity index (χ1) is 12.9. The third-order valence-electron chi connectivity index (χ3n) is 4.15. The van der Waals surface area contributed by atoms with Crippen molar-refractivity contribution in [3.05, 3.63) is 67.1 Å². The van der Waals surface area contributed by atoms with Crippen LogP contribution in [-0.4, -0.2) is 33.9 Å². The van der Waals surface area contributed by atoms with E-state index >= 15 is 0 Å². The number of non-ortho nitro benzene ring substituents is 1. The van der Waals surface area contributed by atoms with Crippen LogP contribution < -0.4 is 4.74 Å². The Kier molecular flexibility index (Phi) is 6.08. The summed E-state index contributed by atoms with van der Waals surface area (Å²) in [5.41, 5.74) is 0.479. The van der Waals surface area contributed by atoms with Gasteiger partial charge in [0.1, 0.15) is 10.7 Å². The van der Waals surface area contributed by atoms with Crippen LogP contribution in [0.2, 0.25) is 5.02 Å². The molecule has 0 aromatic heterocycles. The second kappa shape index (κ2) is 8.33. The van der Waals surface area contributed by atoms with Crippen LogP contribution >= 0.6 is 39.7 Å². The Labute approximate surface area is 174 Å². The van der Waals surface area contributed by atoms with Crippen molar-refractivity contribution < 1.29 is 14.5 Å². The molecule has 6 nitrogen and oxygen atoms in total. The standard InChI is InChI=1S/C18H14BrClN2O4S/c19-11-3-6-16(14(9-11)17(27)21-7-1-2-8-21)26-18(23)13-5-4-12(22(24)25)10-15(13)20/h3-6,9-10H,1-2,7-8H2. The number of likely N-dealkylation sites (tertiary alicyclic amines) is 1. The normalized spacial score (nSPS) is 13.5. The maximum absolute atomic E-state index is 12.6. The molecule has 0 spiro atoms. The molecule has 1 aliphatic rings.